The van der Waals surface area contributed by atoms with Gasteiger partial charge in [-0.25, -0.2) is 8.42 Å². The second-order valence-electron chi connectivity index (χ2n) is 5.15. The molecule has 136 valence electrons. The average Bonchev–Trinajstić information content (AvgIpc) is 2.59. The third-order valence-electron chi connectivity index (χ3n) is 3.59. The van der Waals surface area contributed by atoms with E-state index in [0.717, 1.165) is 0 Å². The highest BCUT2D eigenvalue weighted by Crippen LogP contribution is 2.40. The van der Waals surface area contributed by atoms with Crippen molar-refractivity contribution >= 4 is 15.7 Å². The number of methoxy groups -OCH3 is 4. The van der Waals surface area contributed by atoms with Crippen molar-refractivity contribution in [2.75, 3.05) is 33.2 Å². The first-order chi connectivity index (χ1) is 11.9. The standard InChI is InChI=1S/C17H21NO6S/c1-11-8-13(21-2)6-7-16(11)25(19,20)18-12-9-14(22-3)17(24-5)15(10-12)23-4/h6-10,18H,1-5H3. The van der Waals surface area contributed by atoms with Crippen LogP contribution in [0.2, 0.25) is 0 Å². The summed E-state index contributed by atoms with van der Waals surface area (Å²) in [6, 6.07) is 7.80. The van der Waals surface area contributed by atoms with Crippen LogP contribution in [-0.4, -0.2) is 36.9 Å². The Morgan fingerprint density at radius 3 is 1.88 bits per heavy atom. The predicted molar refractivity (Wildman–Crippen MR) is 94.6 cm³/mol. The Balaban J connectivity index is 2.44. The van der Waals surface area contributed by atoms with E-state index in [0.29, 0.717) is 34.2 Å². The lowest BCUT2D eigenvalue weighted by atomic mass is 10.2. The lowest BCUT2D eigenvalue weighted by molar-refractivity contribution is 0.325. The quantitative estimate of drug-likeness (QED) is 0.810. The van der Waals surface area contributed by atoms with Crippen LogP contribution in [-0.2, 0) is 10.0 Å². The largest absolute Gasteiger partial charge is 0.497 e. The number of sulfonamides is 1. The molecule has 0 spiro atoms. The van der Waals surface area contributed by atoms with E-state index in [4.69, 9.17) is 18.9 Å². The van der Waals surface area contributed by atoms with E-state index < -0.39 is 10.0 Å². The lowest BCUT2D eigenvalue weighted by Crippen LogP contribution is -2.14. The van der Waals surface area contributed by atoms with Crippen LogP contribution in [0.15, 0.2) is 35.2 Å². The topological polar surface area (TPSA) is 83.1 Å². The van der Waals surface area contributed by atoms with Gasteiger partial charge < -0.3 is 18.9 Å². The molecule has 0 saturated heterocycles. The monoisotopic (exact) mass is 367 g/mol. The van der Waals surface area contributed by atoms with Crippen LogP contribution in [0.4, 0.5) is 5.69 Å². The van der Waals surface area contributed by atoms with E-state index in [1.54, 1.807) is 19.1 Å². The minimum Gasteiger partial charge on any atom is -0.497 e. The van der Waals surface area contributed by atoms with Gasteiger partial charge in [0.2, 0.25) is 5.75 Å². The fraction of sp³-hybridized carbons (Fsp3) is 0.294. The molecule has 0 radical (unpaired) electrons. The molecule has 0 aromatic heterocycles. The van der Waals surface area contributed by atoms with Crippen LogP contribution >= 0.6 is 0 Å². The molecule has 0 unspecified atom stereocenters. The Bertz CT molecular complexity index is 838. The Morgan fingerprint density at radius 1 is 0.840 bits per heavy atom. The van der Waals surface area contributed by atoms with Crippen molar-refractivity contribution in [3.05, 3.63) is 35.9 Å². The zero-order valence-corrected chi connectivity index (χ0v) is 15.6. The number of hydrogen-bond acceptors (Lipinski definition) is 6. The van der Waals surface area contributed by atoms with Gasteiger partial charge in [0.25, 0.3) is 10.0 Å². The average molecular weight is 367 g/mol. The number of benzene rings is 2. The van der Waals surface area contributed by atoms with E-state index in [1.807, 2.05) is 0 Å². The summed E-state index contributed by atoms with van der Waals surface area (Å²) in [5, 5.41) is 0. The molecule has 0 bridgehead atoms. The molecule has 1 N–H and O–H groups in total. The van der Waals surface area contributed by atoms with Gasteiger partial charge in [0.05, 0.1) is 39.0 Å². The number of rotatable bonds is 7. The number of aryl methyl sites for hydroxylation is 1. The summed E-state index contributed by atoms with van der Waals surface area (Å²) >= 11 is 0. The highest BCUT2D eigenvalue weighted by molar-refractivity contribution is 7.92. The van der Waals surface area contributed by atoms with E-state index in [9.17, 15) is 8.42 Å². The third kappa shape index (κ3) is 3.90. The van der Waals surface area contributed by atoms with Gasteiger partial charge in [-0.05, 0) is 30.7 Å². The van der Waals surface area contributed by atoms with Crippen LogP contribution in [0.5, 0.6) is 23.0 Å². The fourth-order valence-corrected chi connectivity index (χ4v) is 3.67. The molecule has 25 heavy (non-hydrogen) atoms. The summed E-state index contributed by atoms with van der Waals surface area (Å²) < 4.78 is 48.8. The number of nitrogens with one attached hydrogen (secondary N) is 1. The number of anilines is 1. The Labute approximate surface area is 147 Å². The molecule has 7 nitrogen and oxygen atoms in total. The van der Waals surface area contributed by atoms with Crippen LogP contribution in [0, 0.1) is 6.92 Å². The van der Waals surface area contributed by atoms with Gasteiger partial charge in [-0.2, -0.15) is 0 Å². The van der Waals surface area contributed by atoms with Gasteiger partial charge in [0.15, 0.2) is 11.5 Å². The minimum atomic E-state index is -3.80. The molecular weight excluding hydrogens is 346 g/mol. The number of ether oxygens (including phenoxy) is 4. The lowest BCUT2D eigenvalue weighted by Gasteiger charge is -2.16. The normalized spacial score (nSPS) is 10.9. The number of hydrogen-bond donors (Lipinski definition) is 1. The Morgan fingerprint density at radius 2 is 1.44 bits per heavy atom. The minimum absolute atomic E-state index is 0.155. The zero-order chi connectivity index (χ0) is 18.6. The van der Waals surface area contributed by atoms with Gasteiger partial charge in [-0.3, -0.25) is 4.72 Å². The first-order valence-electron chi connectivity index (χ1n) is 7.33. The summed E-state index contributed by atoms with van der Waals surface area (Å²) in [5.41, 5.74) is 0.865. The molecule has 0 aliphatic rings. The summed E-state index contributed by atoms with van der Waals surface area (Å²) in [4.78, 5) is 0.155. The van der Waals surface area contributed by atoms with Gasteiger partial charge in [0.1, 0.15) is 5.75 Å². The smallest absolute Gasteiger partial charge is 0.262 e. The van der Waals surface area contributed by atoms with Gasteiger partial charge in [-0.15, -0.1) is 0 Å². The molecule has 0 aliphatic carbocycles. The first kappa shape index (κ1) is 18.7. The molecule has 2 rings (SSSR count). The van der Waals surface area contributed by atoms with Crippen LogP contribution in [0.25, 0.3) is 0 Å². The van der Waals surface area contributed by atoms with Gasteiger partial charge >= 0.3 is 0 Å². The van der Waals surface area contributed by atoms with E-state index >= 15 is 0 Å². The second-order valence-corrected chi connectivity index (χ2v) is 6.80. The molecule has 2 aromatic rings. The predicted octanol–water partition coefficient (Wildman–Crippen LogP) is 2.83. The van der Waals surface area contributed by atoms with Crippen molar-refractivity contribution in [2.24, 2.45) is 0 Å². The maximum absolute atomic E-state index is 12.7. The molecule has 0 heterocycles. The fourth-order valence-electron chi connectivity index (χ4n) is 2.40. The summed E-state index contributed by atoms with van der Waals surface area (Å²) in [6.45, 7) is 1.70. The van der Waals surface area contributed by atoms with Gasteiger partial charge in [-0.1, -0.05) is 0 Å². The summed E-state index contributed by atoms with van der Waals surface area (Å²) in [5.74, 6) is 1.68. The molecule has 0 atom stereocenters. The van der Waals surface area contributed by atoms with Crippen molar-refractivity contribution in [1.82, 2.24) is 0 Å². The molecule has 8 heteroatoms. The molecule has 0 saturated carbocycles. The molecular formula is C17H21NO6S. The van der Waals surface area contributed by atoms with Crippen LogP contribution < -0.4 is 23.7 Å². The van der Waals surface area contributed by atoms with E-state index in [-0.39, 0.29) is 4.90 Å². The highest BCUT2D eigenvalue weighted by Gasteiger charge is 2.20. The molecule has 2 aromatic carbocycles. The SMILES string of the molecule is COc1ccc(S(=O)(=O)Nc2cc(OC)c(OC)c(OC)c2)c(C)c1. The second kappa shape index (κ2) is 7.52. The third-order valence-corrected chi connectivity index (χ3v) is 5.13. The maximum Gasteiger partial charge on any atom is 0.262 e. The summed E-state index contributed by atoms with van der Waals surface area (Å²) in [7, 11) is 2.13. The van der Waals surface area contributed by atoms with Crippen molar-refractivity contribution in [3.8, 4) is 23.0 Å². The zero-order valence-electron chi connectivity index (χ0n) is 14.7. The van der Waals surface area contributed by atoms with Crippen LogP contribution in [0.1, 0.15) is 5.56 Å². The molecule has 0 fully saturated rings. The van der Waals surface area contributed by atoms with Crippen molar-refractivity contribution in [2.45, 2.75) is 11.8 Å². The summed E-state index contributed by atoms with van der Waals surface area (Å²) in [6.07, 6.45) is 0. The maximum atomic E-state index is 12.7. The highest BCUT2D eigenvalue weighted by atomic mass is 32.2. The van der Waals surface area contributed by atoms with E-state index in [1.165, 1.54) is 46.6 Å². The van der Waals surface area contributed by atoms with Crippen LogP contribution in [0.3, 0.4) is 0 Å². The Kier molecular flexibility index (Phi) is 5.63. The molecule has 0 aliphatic heterocycles. The van der Waals surface area contributed by atoms with Crippen molar-refractivity contribution in [1.29, 1.82) is 0 Å². The van der Waals surface area contributed by atoms with E-state index in [2.05, 4.69) is 4.72 Å². The van der Waals surface area contributed by atoms with Crippen molar-refractivity contribution in [3.63, 3.8) is 0 Å². The first-order valence-corrected chi connectivity index (χ1v) is 8.82. The van der Waals surface area contributed by atoms with Gasteiger partial charge in [0, 0.05) is 12.1 Å². The Hall–Kier alpha value is -2.61. The molecule has 0 amide bonds. The van der Waals surface area contributed by atoms with Crippen molar-refractivity contribution < 1.29 is 27.4 Å².